The number of likely N-dealkylation sites (tertiary alicyclic amines) is 1. The molecule has 4 rings (SSSR count). The lowest BCUT2D eigenvalue weighted by atomic mass is 9.95. The standard InChI is InChI=1S/C25H32N4O5S/c1-3-24(30)27-22-12-15-29(16-18(22)2)35(32,33)21-9-6-19(7-10-21)26-25(31)23-11-8-20(34-23)17-28-13-4-5-14-28/h3,6-11,18,22H,1,4-5,12-17H2,2H3,(H,26,31)(H,27,30). The number of carbonyl (C=O) groups is 2. The number of carbonyl (C=O) groups excluding carboxylic acids is 2. The molecule has 0 saturated carbocycles. The SMILES string of the molecule is C=CC(=O)NC1CCN(S(=O)(=O)c2ccc(NC(=O)c3ccc(CN4CCCC4)o3)cc2)CC1C. The third kappa shape index (κ3) is 6.01. The fraction of sp³-hybridized carbons (Fsp3) is 0.440. The molecule has 2 unspecified atom stereocenters. The van der Waals surface area contributed by atoms with Crippen molar-refractivity contribution in [1.82, 2.24) is 14.5 Å². The van der Waals surface area contributed by atoms with Gasteiger partial charge in [-0.2, -0.15) is 4.31 Å². The zero-order valence-electron chi connectivity index (χ0n) is 19.9. The summed E-state index contributed by atoms with van der Waals surface area (Å²) in [5, 5.41) is 5.62. The molecule has 2 aromatic rings. The van der Waals surface area contributed by atoms with Gasteiger partial charge in [-0.25, -0.2) is 8.42 Å². The number of sulfonamides is 1. The predicted octanol–water partition coefficient (Wildman–Crippen LogP) is 2.83. The van der Waals surface area contributed by atoms with Crippen molar-refractivity contribution < 1.29 is 22.4 Å². The van der Waals surface area contributed by atoms with Crippen LogP contribution in [0.15, 0.2) is 58.4 Å². The van der Waals surface area contributed by atoms with Crippen molar-refractivity contribution in [1.29, 1.82) is 0 Å². The van der Waals surface area contributed by atoms with E-state index >= 15 is 0 Å². The maximum atomic E-state index is 13.1. The van der Waals surface area contributed by atoms with Crippen molar-refractivity contribution in [2.45, 2.75) is 43.7 Å². The molecule has 2 atom stereocenters. The molecular weight excluding hydrogens is 468 g/mol. The molecule has 2 aliphatic heterocycles. The highest BCUT2D eigenvalue weighted by Gasteiger charge is 2.34. The Kier molecular flexibility index (Phi) is 7.73. The van der Waals surface area contributed by atoms with Crippen molar-refractivity contribution in [3.63, 3.8) is 0 Å². The van der Waals surface area contributed by atoms with E-state index in [1.807, 2.05) is 13.0 Å². The molecule has 3 heterocycles. The lowest BCUT2D eigenvalue weighted by molar-refractivity contribution is -0.117. The van der Waals surface area contributed by atoms with Crippen molar-refractivity contribution in [3.8, 4) is 0 Å². The van der Waals surface area contributed by atoms with Crippen LogP contribution in [0.2, 0.25) is 0 Å². The minimum atomic E-state index is -3.69. The molecule has 188 valence electrons. The largest absolute Gasteiger partial charge is 0.455 e. The van der Waals surface area contributed by atoms with Gasteiger partial charge >= 0.3 is 0 Å². The van der Waals surface area contributed by atoms with Gasteiger partial charge in [0.25, 0.3) is 5.91 Å². The molecule has 35 heavy (non-hydrogen) atoms. The Morgan fingerprint density at radius 1 is 1.11 bits per heavy atom. The van der Waals surface area contributed by atoms with Crippen LogP contribution in [-0.4, -0.2) is 61.7 Å². The fourth-order valence-electron chi connectivity index (χ4n) is 4.58. The maximum absolute atomic E-state index is 13.1. The van der Waals surface area contributed by atoms with Crippen molar-refractivity contribution in [3.05, 3.63) is 60.6 Å². The van der Waals surface area contributed by atoms with Crippen LogP contribution < -0.4 is 10.6 Å². The molecule has 0 spiro atoms. The number of hydrogen-bond donors (Lipinski definition) is 2. The van der Waals surface area contributed by atoms with Crippen LogP contribution in [0.1, 0.15) is 42.5 Å². The third-order valence-corrected chi connectivity index (χ3v) is 8.47. The van der Waals surface area contributed by atoms with E-state index in [1.54, 1.807) is 18.2 Å². The lowest BCUT2D eigenvalue weighted by Crippen LogP contribution is -2.51. The Labute approximate surface area is 206 Å². The molecule has 2 amide bonds. The molecule has 2 saturated heterocycles. The number of amides is 2. The quantitative estimate of drug-likeness (QED) is 0.539. The van der Waals surface area contributed by atoms with E-state index in [1.165, 1.54) is 35.4 Å². The Bertz CT molecular complexity index is 1170. The average molecular weight is 501 g/mol. The molecule has 0 aliphatic carbocycles. The average Bonchev–Trinajstić information content (AvgIpc) is 3.53. The molecular formula is C25H32N4O5S. The second-order valence-electron chi connectivity index (χ2n) is 9.18. The van der Waals surface area contributed by atoms with E-state index in [4.69, 9.17) is 4.42 Å². The summed E-state index contributed by atoms with van der Waals surface area (Å²) in [6.45, 7) is 8.76. The van der Waals surface area contributed by atoms with Gasteiger partial charge in [0.1, 0.15) is 5.76 Å². The summed E-state index contributed by atoms with van der Waals surface area (Å²) in [6, 6.07) is 9.49. The number of hydrogen-bond acceptors (Lipinski definition) is 6. The van der Waals surface area contributed by atoms with Crippen LogP contribution in [0, 0.1) is 5.92 Å². The highest BCUT2D eigenvalue weighted by molar-refractivity contribution is 7.89. The smallest absolute Gasteiger partial charge is 0.291 e. The zero-order chi connectivity index (χ0) is 25.0. The monoisotopic (exact) mass is 500 g/mol. The molecule has 1 aromatic heterocycles. The predicted molar refractivity (Wildman–Crippen MR) is 132 cm³/mol. The van der Waals surface area contributed by atoms with E-state index in [0.29, 0.717) is 31.7 Å². The first-order valence-corrected chi connectivity index (χ1v) is 13.4. The van der Waals surface area contributed by atoms with Crippen LogP contribution >= 0.6 is 0 Å². The highest BCUT2D eigenvalue weighted by atomic mass is 32.2. The summed E-state index contributed by atoms with van der Waals surface area (Å²) in [6.07, 6.45) is 4.11. The lowest BCUT2D eigenvalue weighted by Gasteiger charge is -2.36. The first kappa shape index (κ1) is 25.2. The van der Waals surface area contributed by atoms with Crippen LogP contribution in [0.4, 0.5) is 5.69 Å². The number of nitrogens with zero attached hydrogens (tertiary/aromatic N) is 2. The van der Waals surface area contributed by atoms with E-state index in [-0.39, 0.29) is 34.4 Å². The number of benzene rings is 1. The molecule has 2 fully saturated rings. The van der Waals surface area contributed by atoms with Crippen LogP contribution in [0.25, 0.3) is 0 Å². The molecule has 9 nitrogen and oxygen atoms in total. The van der Waals surface area contributed by atoms with Gasteiger partial charge in [-0.05, 0) is 80.7 Å². The van der Waals surface area contributed by atoms with Gasteiger partial charge < -0.3 is 15.1 Å². The molecule has 2 aliphatic rings. The third-order valence-electron chi connectivity index (χ3n) is 6.59. The summed E-state index contributed by atoms with van der Waals surface area (Å²) in [5.41, 5.74) is 0.477. The van der Waals surface area contributed by atoms with Gasteiger partial charge in [0.15, 0.2) is 5.76 Å². The molecule has 2 N–H and O–H groups in total. The first-order chi connectivity index (χ1) is 16.8. The zero-order valence-corrected chi connectivity index (χ0v) is 20.7. The number of nitrogens with one attached hydrogen (secondary N) is 2. The summed E-state index contributed by atoms with van der Waals surface area (Å²) >= 11 is 0. The minimum Gasteiger partial charge on any atom is -0.455 e. The molecule has 0 bridgehead atoms. The normalized spacial score (nSPS) is 21.5. The van der Waals surface area contributed by atoms with Gasteiger partial charge in [0, 0.05) is 24.8 Å². The van der Waals surface area contributed by atoms with Gasteiger partial charge in [-0.1, -0.05) is 13.5 Å². The Balaban J connectivity index is 1.35. The van der Waals surface area contributed by atoms with Crippen molar-refractivity contribution >= 4 is 27.5 Å². The van der Waals surface area contributed by atoms with Crippen LogP contribution in [0.3, 0.4) is 0 Å². The summed E-state index contributed by atoms with van der Waals surface area (Å²) in [4.78, 5) is 26.6. The Morgan fingerprint density at radius 3 is 2.49 bits per heavy atom. The van der Waals surface area contributed by atoms with Crippen molar-refractivity contribution in [2.24, 2.45) is 5.92 Å². The highest BCUT2D eigenvalue weighted by Crippen LogP contribution is 2.25. The van der Waals surface area contributed by atoms with E-state index in [0.717, 1.165) is 18.8 Å². The second-order valence-corrected chi connectivity index (χ2v) is 11.1. The fourth-order valence-corrected chi connectivity index (χ4v) is 6.14. The van der Waals surface area contributed by atoms with E-state index in [9.17, 15) is 18.0 Å². The maximum Gasteiger partial charge on any atom is 0.291 e. The van der Waals surface area contributed by atoms with E-state index in [2.05, 4.69) is 22.1 Å². The summed E-state index contributed by atoms with van der Waals surface area (Å²) < 4.78 is 33.4. The minimum absolute atomic E-state index is 0.0374. The van der Waals surface area contributed by atoms with E-state index < -0.39 is 10.0 Å². The number of anilines is 1. The summed E-state index contributed by atoms with van der Waals surface area (Å²) in [7, 11) is -3.69. The van der Waals surface area contributed by atoms with Crippen molar-refractivity contribution in [2.75, 3.05) is 31.5 Å². The van der Waals surface area contributed by atoms with Crippen LogP contribution in [-0.2, 0) is 21.4 Å². The molecule has 0 radical (unpaired) electrons. The second kappa shape index (κ2) is 10.8. The Hall–Kier alpha value is -2.95. The van der Waals surface area contributed by atoms with Gasteiger partial charge in [0.2, 0.25) is 15.9 Å². The molecule has 10 heteroatoms. The number of rotatable bonds is 8. The van der Waals surface area contributed by atoms with Gasteiger partial charge in [-0.15, -0.1) is 0 Å². The molecule has 1 aromatic carbocycles. The van der Waals surface area contributed by atoms with Crippen LogP contribution in [0.5, 0.6) is 0 Å². The van der Waals surface area contributed by atoms with Gasteiger partial charge in [-0.3, -0.25) is 14.5 Å². The van der Waals surface area contributed by atoms with Gasteiger partial charge in [0.05, 0.1) is 11.4 Å². The number of furan rings is 1. The topological polar surface area (TPSA) is 112 Å². The number of piperidine rings is 1. The first-order valence-electron chi connectivity index (χ1n) is 11.9. The summed E-state index contributed by atoms with van der Waals surface area (Å²) in [5.74, 6) is 0.292. The Morgan fingerprint density at radius 2 is 1.83 bits per heavy atom.